The zero-order valence-electron chi connectivity index (χ0n) is 17.2. The van der Waals surface area contributed by atoms with Crippen molar-refractivity contribution in [3.8, 4) is 0 Å². The Bertz CT molecular complexity index is 1060. The fraction of sp³-hybridized carbons (Fsp3) is 0.450. The maximum Gasteiger partial charge on any atom is 0.333 e. The van der Waals surface area contributed by atoms with E-state index >= 15 is 0 Å². The van der Waals surface area contributed by atoms with Crippen LogP contribution in [0, 0.1) is 11.6 Å². The van der Waals surface area contributed by atoms with Crippen LogP contribution >= 0.6 is 0 Å². The van der Waals surface area contributed by atoms with E-state index in [4.69, 9.17) is 10.5 Å². The normalized spacial score (nSPS) is 14.0. The number of rotatable bonds is 7. The summed E-state index contributed by atoms with van der Waals surface area (Å²) in [6.07, 6.45) is 2.75. The Labute approximate surface area is 177 Å². The highest BCUT2D eigenvalue weighted by atomic mass is 19.1. The number of hydrogen-bond acceptors (Lipinski definition) is 6. The number of carbonyl (C=O) groups is 1. The summed E-state index contributed by atoms with van der Waals surface area (Å²) in [5.74, 6) is -2.85. The fourth-order valence-corrected chi connectivity index (χ4v) is 3.59. The van der Waals surface area contributed by atoms with Crippen LogP contribution in [0.4, 0.5) is 26.0 Å². The molecule has 0 radical (unpaired) electrons. The summed E-state index contributed by atoms with van der Waals surface area (Å²) in [6.45, 7) is 0.697. The molecule has 0 bridgehead atoms. The number of halogens is 2. The number of benzene rings is 1. The molecule has 0 unspecified atom stereocenters. The third kappa shape index (κ3) is 4.76. The van der Waals surface area contributed by atoms with Gasteiger partial charge >= 0.3 is 5.69 Å². The lowest BCUT2D eigenvalue weighted by Crippen LogP contribution is -2.47. The summed E-state index contributed by atoms with van der Waals surface area (Å²) in [7, 11) is 1.46. The zero-order valence-corrected chi connectivity index (χ0v) is 17.2. The molecular weight excluding hydrogens is 412 g/mol. The van der Waals surface area contributed by atoms with Gasteiger partial charge in [-0.2, -0.15) is 0 Å². The molecule has 2 aromatic rings. The number of aromatic nitrogens is 2. The number of methoxy groups -OCH3 is 1. The maximum absolute atomic E-state index is 13.8. The lowest BCUT2D eigenvalue weighted by molar-refractivity contribution is -0.116. The molecule has 1 amide bonds. The number of piperidine rings is 1. The van der Waals surface area contributed by atoms with Gasteiger partial charge in [0.15, 0.2) is 0 Å². The van der Waals surface area contributed by atoms with Gasteiger partial charge in [-0.25, -0.2) is 18.1 Å². The molecule has 31 heavy (non-hydrogen) atoms. The van der Waals surface area contributed by atoms with Gasteiger partial charge in [0.25, 0.3) is 5.56 Å². The first-order valence-corrected chi connectivity index (χ1v) is 9.96. The Hall–Kier alpha value is -3.21. The van der Waals surface area contributed by atoms with Gasteiger partial charge < -0.3 is 20.7 Å². The number of nitrogens with one attached hydrogen (secondary N) is 1. The van der Waals surface area contributed by atoms with Crippen LogP contribution in [0.15, 0.2) is 27.8 Å². The Morgan fingerprint density at radius 3 is 2.39 bits per heavy atom. The minimum atomic E-state index is -0.968. The summed E-state index contributed by atoms with van der Waals surface area (Å²) in [5.41, 5.74) is 4.14. The van der Waals surface area contributed by atoms with Crippen LogP contribution in [-0.4, -0.2) is 41.8 Å². The second kappa shape index (κ2) is 9.73. The molecule has 2 heterocycles. The molecular formula is C20H25F2N5O4. The van der Waals surface area contributed by atoms with Crippen molar-refractivity contribution in [1.29, 1.82) is 0 Å². The minimum Gasteiger partial charge on any atom is -0.383 e. The lowest BCUT2D eigenvalue weighted by atomic mass is 10.1. The SMILES string of the molecule is COCCn1c(N)c(N2CCCCC2)c(=O)n(CC(=O)Nc2c(F)cccc2F)c1=O. The minimum absolute atomic E-state index is 0.00533. The van der Waals surface area contributed by atoms with Crippen LogP contribution in [0.1, 0.15) is 19.3 Å². The van der Waals surface area contributed by atoms with Gasteiger partial charge in [-0.1, -0.05) is 6.07 Å². The highest BCUT2D eigenvalue weighted by Gasteiger charge is 2.24. The standard InChI is InChI=1S/C20H25F2N5O4/c1-31-11-10-26-18(23)17(25-8-3-2-4-9-25)19(29)27(20(26)30)12-15(28)24-16-13(21)6-5-7-14(16)22/h5-7H,2-4,8-12,23H2,1H3,(H,24,28). The van der Waals surface area contributed by atoms with Gasteiger partial charge in [-0.05, 0) is 31.4 Å². The van der Waals surface area contributed by atoms with Crippen LogP contribution in [-0.2, 0) is 22.6 Å². The van der Waals surface area contributed by atoms with Crippen molar-refractivity contribution in [1.82, 2.24) is 9.13 Å². The third-order valence-electron chi connectivity index (χ3n) is 5.16. The number of amides is 1. The molecule has 3 rings (SSSR count). The average Bonchev–Trinajstić information content (AvgIpc) is 2.75. The quantitative estimate of drug-likeness (QED) is 0.672. The molecule has 1 aromatic carbocycles. The first-order chi connectivity index (χ1) is 14.8. The van der Waals surface area contributed by atoms with Crippen molar-refractivity contribution in [2.75, 3.05) is 42.8 Å². The smallest absolute Gasteiger partial charge is 0.333 e. The molecule has 1 aliphatic heterocycles. The second-order valence-electron chi connectivity index (χ2n) is 7.24. The molecule has 1 aromatic heterocycles. The van der Waals surface area contributed by atoms with Gasteiger partial charge in [0, 0.05) is 20.2 Å². The van der Waals surface area contributed by atoms with Gasteiger partial charge in [0.2, 0.25) is 5.91 Å². The topological polar surface area (TPSA) is 112 Å². The monoisotopic (exact) mass is 437 g/mol. The summed E-state index contributed by atoms with van der Waals surface area (Å²) < 4.78 is 34.6. The molecule has 168 valence electrons. The summed E-state index contributed by atoms with van der Waals surface area (Å²) in [4.78, 5) is 40.3. The van der Waals surface area contributed by atoms with E-state index in [0.717, 1.165) is 42.0 Å². The molecule has 3 N–H and O–H groups in total. The van der Waals surface area contributed by atoms with E-state index in [-0.39, 0.29) is 24.7 Å². The molecule has 1 saturated heterocycles. The zero-order chi connectivity index (χ0) is 22.5. The van der Waals surface area contributed by atoms with Gasteiger partial charge in [-0.15, -0.1) is 0 Å². The lowest BCUT2D eigenvalue weighted by Gasteiger charge is -2.30. The number of nitrogens with two attached hydrogens (primary N) is 1. The molecule has 0 saturated carbocycles. The van der Waals surface area contributed by atoms with Crippen molar-refractivity contribution in [2.24, 2.45) is 0 Å². The number of anilines is 3. The number of carbonyl (C=O) groups excluding carboxylic acids is 1. The van der Waals surface area contributed by atoms with Gasteiger partial charge in [0.05, 0.1) is 13.2 Å². The van der Waals surface area contributed by atoms with E-state index < -0.39 is 41.0 Å². The summed E-state index contributed by atoms with van der Waals surface area (Å²) >= 11 is 0. The van der Waals surface area contributed by atoms with E-state index in [0.29, 0.717) is 13.1 Å². The first-order valence-electron chi connectivity index (χ1n) is 9.96. The van der Waals surface area contributed by atoms with Crippen molar-refractivity contribution in [3.05, 3.63) is 50.7 Å². The van der Waals surface area contributed by atoms with E-state index in [1.54, 1.807) is 4.90 Å². The van der Waals surface area contributed by atoms with Crippen LogP contribution < -0.4 is 27.2 Å². The largest absolute Gasteiger partial charge is 0.383 e. The van der Waals surface area contributed by atoms with Crippen molar-refractivity contribution >= 4 is 23.1 Å². The highest BCUT2D eigenvalue weighted by molar-refractivity contribution is 5.90. The van der Waals surface area contributed by atoms with Crippen molar-refractivity contribution in [2.45, 2.75) is 32.4 Å². The predicted octanol–water partition coefficient (Wildman–Crippen LogP) is 1.15. The Morgan fingerprint density at radius 2 is 1.77 bits per heavy atom. The van der Waals surface area contributed by atoms with E-state index in [9.17, 15) is 23.2 Å². The Kier molecular flexibility index (Phi) is 7.06. The van der Waals surface area contributed by atoms with E-state index in [1.165, 1.54) is 11.7 Å². The Morgan fingerprint density at radius 1 is 1.13 bits per heavy atom. The predicted molar refractivity (Wildman–Crippen MR) is 112 cm³/mol. The van der Waals surface area contributed by atoms with E-state index in [1.807, 2.05) is 0 Å². The molecule has 1 aliphatic rings. The Balaban J connectivity index is 2.01. The molecule has 0 aliphatic carbocycles. The fourth-order valence-electron chi connectivity index (χ4n) is 3.59. The molecule has 1 fully saturated rings. The van der Waals surface area contributed by atoms with Gasteiger partial charge in [0.1, 0.15) is 35.4 Å². The number of para-hydroxylation sites is 1. The van der Waals surface area contributed by atoms with Gasteiger partial charge in [-0.3, -0.25) is 14.2 Å². The number of nitrogen functional groups attached to an aromatic ring is 1. The van der Waals surface area contributed by atoms with E-state index in [2.05, 4.69) is 5.32 Å². The third-order valence-corrected chi connectivity index (χ3v) is 5.16. The first kappa shape index (κ1) is 22.5. The highest BCUT2D eigenvalue weighted by Crippen LogP contribution is 2.22. The average molecular weight is 437 g/mol. The summed E-state index contributed by atoms with van der Waals surface area (Å²) in [5, 5.41) is 2.09. The number of hydrogen-bond donors (Lipinski definition) is 2. The van der Waals surface area contributed by atoms with Crippen LogP contribution in [0.3, 0.4) is 0 Å². The number of nitrogens with zero attached hydrogens (tertiary/aromatic N) is 3. The van der Waals surface area contributed by atoms with Crippen molar-refractivity contribution in [3.63, 3.8) is 0 Å². The second-order valence-corrected chi connectivity index (χ2v) is 7.24. The van der Waals surface area contributed by atoms with Crippen LogP contribution in [0.5, 0.6) is 0 Å². The molecule has 9 nitrogen and oxygen atoms in total. The maximum atomic E-state index is 13.8. The van der Waals surface area contributed by atoms with Crippen LogP contribution in [0.2, 0.25) is 0 Å². The number of ether oxygens (including phenoxy) is 1. The molecule has 0 spiro atoms. The van der Waals surface area contributed by atoms with Crippen molar-refractivity contribution < 1.29 is 18.3 Å². The molecule has 11 heteroatoms. The molecule has 0 atom stereocenters. The summed E-state index contributed by atoms with van der Waals surface area (Å²) in [6, 6.07) is 3.13. The van der Waals surface area contributed by atoms with Crippen LogP contribution in [0.25, 0.3) is 0 Å².